The second kappa shape index (κ2) is 5.49. The van der Waals surface area contributed by atoms with E-state index in [2.05, 4.69) is 19.2 Å². The van der Waals surface area contributed by atoms with Crippen molar-refractivity contribution in [2.45, 2.75) is 70.6 Å². The van der Waals surface area contributed by atoms with Crippen molar-refractivity contribution in [1.29, 1.82) is 0 Å². The molecular formula is C14H23NO4. The van der Waals surface area contributed by atoms with Gasteiger partial charge in [-0.1, -0.05) is 13.8 Å². The maximum Gasteiger partial charge on any atom is 0.332 e. The minimum absolute atomic E-state index is 0.145. The van der Waals surface area contributed by atoms with Crippen LogP contribution in [-0.4, -0.2) is 35.2 Å². The Morgan fingerprint density at radius 2 is 1.68 bits per heavy atom. The first kappa shape index (κ1) is 14.3. The molecule has 2 fully saturated rings. The molecule has 1 aliphatic heterocycles. The van der Waals surface area contributed by atoms with Crippen LogP contribution in [0.2, 0.25) is 0 Å². The van der Waals surface area contributed by atoms with E-state index in [-0.39, 0.29) is 11.9 Å². The van der Waals surface area contributed by atoms with Crippen molar-refractivity contribution in [3.8, 4) is 0 Å². The number of amides is 1. The van der Waals surface area contributed by atoms with Crippen LogP contribution < -0.4 is 5.32 Å². The third-order valence-electron chi connectivity index (χ3n) is 4.27. The molecule has 0 bridgehead atoms. The van der Waals surface area contributed by atoms with Gasteiger partial charge in [-0.25, -0.2) is 4.79 Å². The zero-order valence-electron chi connectivity index (χ0n) is 11.6. The van der Waals surface area contributed by atoms with Gasteiger partial charge in [-0.05, 0) is 43.9 Å². The highest BCUT2D eigenvalue weighted by molar-refractivity contribution is 5.82. The van der Waals surface area contributed by atoms with E-state index in [0.29, 0.717) is 18.3 Å². The van der Waals surface area contributed by atoms with E-state index in [1.807, 2.05) is 0 Å². The second-order valence-electron chi connectivity index (χ2n) is 6.48. The van der Waals surface area contributed by atoms with Crippen LogP contribution >= 0.6 is 0 Å². The Hall–Kier alpha value is -1.10. The fourth-order valence-electron chi connectivity index (χ4n) is 2.85. The summed E-state index contributed by atoms with van der Waals surface area (Å²) in [6.45, 7) is 4.51. The number of nitrogens with one attached hydrogen (secondary N) is 1. The molecule has 5 nitrogen and oxygen atoms in total. The minimum Gasteiger partial charge on any atom is -0.479 e. The Morgan fingerprint density at radius 3 is 2.21 bits per heavy atom. The lowest BCUT2D eigenvalue weighted by molar-refractivity contribution is -0.152. The van der Waals surface area contributed by atoms with Crippen LogP contribution in [-0.2, 0) is 14.3 Å². The Balaban J connectivity index is 1.78. The SMILES string of the molecule is CC1(C)CCC(NC(=O)[C@@H]2CC[C@H](C(=O)O)O2)CC1. The van der Waals surface area contributed by atoms with Gasteiger partial charge >= 0.3 is 5.97 Å². The molecule has 0 spiro atoms. The van der Waals surface area contributed by atoms with E-state index in [1.54, 1.807) is 0 Å². The molecule has 1 amide bonds. The van der Waals surface area contributed by atoms with Crippen molar-refractivity contribution in [3.05, 3.63) is 0 Å². The predicted octanol–water partition coefficient (Wildman–Crippen LogP) is 1.70. The van der Waals surface area contributed by atoms with Gasteiger partial charge in [0.15, 0.2) is 6.10 Å². The van der Waals surface area contributed by atoms with E-state index in [9.17, 15) is 9.59 Å². The van der Waals surface area contributed by atoms with Gasteiger partial charge < -0.3 is 15.2 Å². The quantitative estimate of drug-likeness (QED) is 0.817. The molecule has 1 heterocycles. The van der Waals surface area contributed by atoms with Gasteiger partial charge in [0.1, 0.15) is 6.10 Å². The third kappa shape index (κ3) is 3.69. The number of carboxylic acids is 1. The van der Waals surface area contributed by atoms with Gasteiger partial charge in [0.25, 0.3) is 0 Å². The Bertz CT molecular complexity index is 356. The van der Waals surface area contributed by atoms with Crippen molar-refractivity contribution >= 4 is 11.9 Å². The molecule has 0 aromatic carbocycles. The Morgan fingerprint density at radius 1 is 1.11 bits per heavy atom. The van der Waals surface area contributed by atoms with Gasteiger partial charge in [0.05, 0.1) is 0 Å². The summed E-state index contributed by atoms with van der Waals surface area (Å²) in [5.74, 6) is -1.12. The van der Waals surface area contributed by atoms with Crippen LogP contribution in [0.5, 0.6) is 0 Å². The Kier molecular flexibility index (Phi) is 4.13. The number of hydrogen-bond donors (Lipinski definition) is 2. The molecule has 108 valence electrons. The highest BCUT2D eigenvalue weighted by atomic mass is 16.5. The average Bonchev–Trinajstić information content (AvgIpc) is 2.81. The van der Waals surface area contributed by atoms with Gasteiger partial charge in [0.2, 0.25) is 5.91 Å². The van der Waals surface area contributed by atoms with Crippen molar-refractivity contribution < 1.29 is 19.4 Å². The number of carbonyl (C=O) groups excluding carboxylic acids is 1. The zero-order chi connectivity index (χ0) is 14.0. The number of aliphatic carboxylic acids is 1. The minimum atomic E-state index is -0.977. The first-order valence-electron chi connectivity index (χ1n) is 7.06. The molecule has 1 saturated heterocycles. The summed E-state index contributed by atoms with van der Waals surface area (Å²) in [6.07, 6.45) is 3.73. The fraction of sp³-hybridized carbons (Fsp3) is 0.857. The molecule has 19 heavy (non-hydrogen) atoms. The summed E-state index contributed by atoms with van der Waals surface area (Å²) in [4.78, 5) is 22.8. The van der Waals surface area contributed by atoms with Gasteiger partial charge in [-0.3, -0.25) is 4.79 Å². The fourth-order valence-corrected chi connectivity index (χ4v) is 2.85. The lowest BCUT2D eigenvalue weighted by Gasteiger charge is -2.34. The highest BCUT2D eigenvalue weighted by Gasteiger charge is 2.36. The number of rotatable bonds is 3. The monoisotopic (exact) mass is 269 g/mol. The molecule has 5 heteroatoms. The van der Waals surface area contributed by atoms with E-state index < -0.39 is 18.2 Å². The van der Waals surface area contributed by atoms with Crippen LogP contribution in [0, 0.1) is 5.41 Å². The van der Waals surface area contributed by atoms with Crippen LogP contribution in [0.25, 0.3) is 0 Å². The first-order chi connectivity index (χ1) is 8.87. The first-order valence-corrected chi connectivity index (χ1v) is 7.06. The lowest BCUT2D eigenvalue weighted by atomic mass is 9.75. The second-order valence-corrected chi connectivity index (χ2v) is 6.48. The molecule has 0 unspecified atom stereocenters. The number of hydrogen-bond acceptors (Lipinski definition) is 3. The van der Waals surface area contributed by atoms with Crippen LogP contribution in [0.4, 0.5) is 0 Å². The normalized spacial score (nSPS) is 31.1. The molecule has 2 aliphatic rings. The van der Waals surface area contributed by atoms with Crippen molar-refractivity contribution in [1.82, 2.24) is 5.32 Å². The maximum absolute atomic E-state index is 12.0. The van der Waals surface area contributed by atoms with Crippen LogP contribution in [0.1, 0.15) is 52.4 Å². The predicted molar refractivity (Wildman–Crippen MR) is 69.7 cm³/mol. The van der Waals surface area contributed by atoms with Gasteiger partial charge in [-0.15, -0.1) is 0 Å². The third-order valence-corrected chi connectivity index (χ3v) is 4.27. The van der Waals surface area contributed by atoms with Crippen molar-refractivity contribution in [2.24, 2.45) is 5.41 Å². The summed E-state index contributed by atoms with van der Waals surface area (Å²) in [5, 5.41) is 11.8. The maximum atomic E-state index is 12.0. The molecule has 2 atom stereocenters. The van der Waals surface area contributed by atoms with E-state index in [0.717, 1.165) is 25.7 Å². The van der Waals surface area contributed by atoms with E-state index in [4.69, 9.17) is 9.84 Å². The molecular weight excluding hydrogens is 246 g/mol. The van der Waals surface area contributed by atoms with E-state index in [1.165, 1.54) is 0 Å². The van der Waals surface area contributed by atoms with Crippen molar-refractivity contribution in [3.63, 3.8) is 0 Å². The summed E-state index contributed by atoms with van der Waals surface area (Å²) >= 11 is 0. The largest absolute Gasteiger partial charge is 0.479 e. The smallest absolute Gasteiger partial charge is 0.332 e. The van der Waals surface area contributed by atoms with Crippen molar-refractivity contribution in [2.75, 3.05) is 0 Å². The number of carboxylic acid groups (broad SMARTS) is 1. The standard InChI is InChI=1S/C14H23NO4/c1-14(2)7-5-9(6-8-14)15-12(16)10-3-4-11(19-10)13(17)18/h9-11H,3-8H2,1-2H3,(H,15,16)(H,17,18)/t10-,11+/m0/s1. The molecule has 0 aromatic rings. The molecule has 2 N–H and O–H groups in total. The summed E-state index contributed by atoms with van der Waals surface area (Å²) in [6, 6.07) is 0.216. The summed E-state index contributed by atoms with van der Waals surface area (Å²) in [7, 11) is 0. The highest BCUT2D eigenvalue weighted by Crippen LogP contribution is 2.35. The number of carbonyl (C=O) groups is 2. The number of ether oxygens (including phenoxy) is 1. The van der Waals surface area contributed by atoms with Crippen LogP contribution in [0.3, 0.4) is 0 Å². The van der Waals surface area contributed by atoms with Gasteiger partial charge in [0, 0.05) is 6.04 Å². The van der Waals surface area contributed by atoms with E-state index >= 15 is 0 Å². The summed E-state index contributed by atoms with van der Waals surface area (Å²) < 4.78 is 5.26. The molecule has 0 radical (unpaired) electrons. The average molecular weight is 269 g/mol. The summed E-state index contributed by atoms with van der Waals surface area (Å²) in [5.41, 5.74) is 0.374. The topological polar surface area (TPSA) is 75.6 Å². The Labute approximate surface area is 113 Å². The zero-order valence-corrected chi connectivity index (χ0v) is 11.6. The molecule has 0 aromatic heterocycles. The lowest BCUT2D eigenvalue weighted by Crippen LogP contribution is -2.44. The molecule has 2 rings (SSSR count). The van der Waals surface area contributed by atoms with Crippen LogP contribution in [0.15, 0.2) is 0 Å². The van der Waals surface area contributed by atoms with Gasteiger partial charge in [-0.2, -0.15) is 0 Å². The molecule has 1 saturated carbocycles. The molecule has 1 aliphatic carbocycles.